The lowest BCUT2D eigenvalue weighted by Crippen LogP contribution is -2.24. The number of aliphatic hydroxyl groups excluding tert-OH is 1. The molecule has 0 aromatic carbocycles. The number of aromatic nitrogens is 2. The minimum atomic E-state index is 0.0292. The summed E-state index contributed by atoms with van der Waals surface area (Å²) in [6, 6.07) is 0. The first-order chi connectivity index (χ1) is 7.45. The van der Waals surface area contributed by atoms with Gasteiger partial charge in [-0.25, -0.2) is 0 Å². The summed E-state index contributed by atoms with van der Waals surface area (Å²) in [6.45, 7) is 8.86. The molecule has 0 aliphatic heterocycles. The maximum Gasteiger partial charge on any atom is 0.0691 e. The van der Waals surface area contributed by atoms with E-state index in [0.29, 0.717) is 5.92 Å². The number of aliphatic hydroxyl groups is 1. The second-order valence-electron chi connectivity index (χ2n) is 5.78. The molecule has 0 spiro atoms. The van der Waals surface area contributed by atoms with Crippen molar-refractivity contribution in [1.82, 2.24) is 9.78 Å². The fourth-order valence-electron chi connectivity index (χ4n) is 2.31. The molecule has 1 aromatic rings. The zero-order chi connectivity index (χ0) is 11.9. The van der Waals surface area contributed by atoms with Gasteiger partial charge in [0.1, 0.15) is 0 Å². The van der Waals surface area contributed by atoms with E-state index in [-0.39, 0.29) is 12.1 Å². The molecule has 1 fully saturated rings. The van der Waals surface area contributed by atoms with Crippen LogP contribution in [0.5, 0.6) is 0 Å². The van der Waals surface area contributed by atoms with E-state index in [0.717, 1.165) is 6.42 Å². The van der Waals surface area contributed by atoms with E-state index in [2.05, 4.69) is 32.4 Å². The molecule has 16 heavy (non-hydrogen) atoms. The SMILES string of the molecule is Cc1c(CCO)c(C2CC2)nn1C(C)(C)C. The average Bonchev–Trinajstić information content (AvgIpc) is 2.94. The Morgan fingerprint density at radius 1 is 1.38 bits per heavy atom. The quantitative estimate of drug-likeness (QED) is 0.852. The third-order valence-corrected chi connectivity index (χ3v) is 3.23. The van der Waals surface area contributed by atoms with Crippen LogP contribution in [-0.2, 0) is 12.0 Å². The van der Waals surface area contributed by atoms with Crippen LogP contribution in [0.1, 0.15) is 56.5 Å². The second kappa shape index (κ2) is 3.88. The standard InChI is InChI=1S/C13H22N2O/c1-9-11(7-8-16)12(10-5-6-10)14-15(9)13(2,3)4/h10,16H,5-8H2,1-4H3. The van der Waals surface area contributed by atoms with Crippen molar-refractivity contribution in [2.24, 2.45) is 0 Å². The van der Waals surface area contributed by atoms with Crippen LogP contribution in [0.15, 0.2) is 0 Å². The monoisotopic (exact) mass is 222 g/mol. The van der Waals surface area contributed by atoms with Crippen LogP contribution >= 0.6 is 0 Å². The number of rotatable bonds is 3. The van der Waals surface area contributed by atoms with Crippen molar-refractivity contribution in [3.8, 4) is 0 Å². The first-order valence-electron chi connectivity index (χ1n) is 6.15. The molecule has 90 valence electrons. The summed E-state index contributed by atoms with van der Waals surface area (Å²) in [5, 5.41) is 13.9. The van der Waals surface area contributed by atoms with Gasteiger partial charge in [0.15, 0.2) is 0 Å². The fraction of sp³-hybridized carbons (Fsp3) is 0.769. The lowest BCUT2D eigenvalue weighted by molar-refractivity contribution is 0.298. The van der Waals surface area contributed by atoms with Crippen LogP contribution in [0.3, 0.4) is 0 Å². The van der Waals surface area contributed by atoms with Crippen molar-refractivity contribution >= 4 is 0 Å². The normalized spacial score (nSPS) is 16.8. The van der Waals surface area contributed by atoms with E-state index in [1.807, 2.05) is 0 Å². The van der Waals surface area contributed by atoms with Gasteiger partial charge in [-0.1, -0.05) is 0 Å². The molecule has 1 aliphatic carbocycles. The van der Waals surface area contributed by atoms with Crippen LogP contribution in [0.2, 0.25) is 0 Å². The number of nitrogens with zero attached hydrogens (tertiary/aromatic N) is 2. The zero-order valence-corrected chi connectivity index (χ0v) is 10.7. The van der Waals surface area contributed by atoms with Gasteiger partial charge in [0, 0.05) is 18.2 Å². The van der Waals surface area contributed by atoms with Crippen LogP contribution < -0.4 is 0 Å². The first-order valence-corrected chi connectivity index (χ1v) is 6.15. The molecule has 1 saturated carbocycles. The smallest absolute Gasteiger partial charge is 0.0691 e. The van der Waals surface area contributed by atoms with Gasteiger partial charge in [-0.2, -0.15) is 5.10 Å². The highest BCUT2D eigenvalue weighted by atomic mass is 16.2. The van der Waals surface area contributed by atoms with E-state index < -0.39 is 0 Å². The van der Waals surface area contributed by atoms with E-state index >= 15 is 0 Å². The summed E-state index contributed by atoms with van der Waals surface area (Å²) < 4.78 is 2.12. The maximum atomic E-state index is 9.15. The van der Waals surface area contributed by atoms with Crippen molar-refractivity contribution in [3.63, 3.8) is 0 Å². The molecule has 0 atom stereocenters. The summed E-state index contributed by atoms with van der Waals surface area (Å²) in [5.41, 5.74) is 3.77. The zero-order valence-electron chi connectivity index (χ0n) is 10.7. The Hall–Kier alpha value is -0.830. The van der Waals surface area contributed by atoms with Gasteiger partial charge in [0.2, 0.25) is 0 Å². The van der Waals surface area contributed by atoms with E-state index in [1.165, 1.54) is 29.8 Å². The molecule has 1 aromatic heterocycles. The van der Waals surface area contributed by atoms with E-state index in [1.54, 1.807) is 0 Å². The fourth-order valence-corrected chi connectivity index (χ4v) is 2.31. The Morgan fingerprint density at radius 3 is 2.44 bits per heavy atom. The van der Waals surface area contributed by atoms with Crippen LogP contribution in [0.4, 0.5) is 0 Å². The molecule has 3 nitrogen and oxygen atoms in total. The number of hydrogen-bond acceptors (Lipinski definition) is 2. The summed E-state index contributed by atoms with van der Waals surface area (Å²) in [6.07, 6.45) is 3.27. The summed E-state index contributed by atoms with van der Waals surface area (Å²) in [4.78, 5) is 0. The van der Waals surface area contributed by atoms with Gasteiger partial charge in [0.25, 0.3) is 0 Å². The van der Waals surface area contributed by atoms with Crippen molar-refractivity contribution in [3.05, 3.63) is 17.0 Å². The van der Waals surface area contributed by atoms with Gasteiger partial charge in [-0.15, -0.1) is 0 Å². The Labute approximate surface area is 97.5 Å². The molecule has 2 rings (SSSR count). The topological polar surface area (TPSA) is 38.1 Å². The summed E-state index contributed by atoms with van der Waals surface area (Å²) in [7, 11) is 0. The van der Waals surface area contributed by atoms with Crippen molar-refractivity contribution in [1.29, 1.82) is 0 Å². The Morgan fingerprint density at radius 2 is 2.00 bits per heavy atom. The second-order valence-corrected chi connectivity index (χ2v) is 5.78. The predicted octanol–water partition coefficient (Wildman–Crippen LogP) is 2.36. The maximum absolute atomic E-state index is 9.15. The molecule has 1 heterocycles. The molecule has 0 amide bonds. The third-order valence-electron chi connectivity index (χ3n) is 3.23. The molecule has 0 unspecified atom stereocenters. The van der Waals surface area contributed by atoms with Crippen LogP contribution in [0.25, 0.3) is 0 Å². The predicted molar refractivity (Wildman–Crippen MR) is 64.7 cm³/mol. The molecule has 1 N–H and O–H groups in total. The average molecular weight is 222 g/mol. The minimum Gasteiger partial charge on any atom is -0.396 e. The molecular formula is C13H22N2O. The number of hydrogen-bond donors (Lipinski definition) is 1. The molecular weight excluding hydrogens is 200 g/mol. The largest absolute Gasteiger partial charge is 0.396 e. The molecule has 3 heteroatoms. The van der Waals surface area contributed by atoms with Crippen LogP contribution in [0, 0.1) is 6.92 Å². The van der Waals surface area contributed by atoms with E-state index in [9.17, 15) is 0 Å². The van der Waals surface area contributed by atoms with Gasteiger partial charge >= 0.3 is 0 Å². The first kappa shape index (κ1) is 11.6. The van der Waals surface area contributed by atoms with Crippen molar-refractivity contribution in [2.45, 2.75) is 58.4 Å². The lowest BCUT2D eigenvalue weighted by Gasteiger charge is -2.21. The Bertz CT molecular complexity index is 383. The highest BCUT2D eigenvalue weighted by Gasteiger charge is 2.32. The highest BCUT2D eigenvalue weighted by Crippen LogP contribution is 2.42. The van der Waals surface area contributed by atoms with Gasteiger partial charge < -0.3 is 5.11 Å². The molecule has 0 radical (unpaired) electrons. The third kappa shape index (κ3) is 2.01. The Kier molecular flexibility index (Phi) is 2.82. The van der Waals surface area contributed by atoms with Crippen molar-refractivity contribution in [2.75, 3.05) is 6.61 Å². The van der Waals surface area contributed by atoms with E-state index in [4.69, 9.17) is 10.2 Å². The van der Waals surface area contributed by atoms with Gasteiger partial charge in [0.05, 0.1) is 11.2 Å². The summed E-state index contributed by atoms with van der Waals surface area (Å²) >= 11 is 0. The van der Waals surface area contributed by atoms with Crippen molar-refractivity contribution < 1.29 is 5.11 Å². The van der Waals surface area contributed by atoms with Gasteiger partial charge in [-0.05, 0) is 52.5 Å². The lowest BCUT2D eigenvalue weighted by atomic mass is 10.1. The molecule has 0 bridgehead atoms. The molecule has 1 aliphatic rings. The highest BCUT2D eigenvalue weighted by molar-refractivity contribution is 5.31. The Balaban J connectivity index is 2.44. The molecule has 0 saturated heterocycles. The summed E-state index contributed by atoms with van der Waals surface area (Å²) in [5.74, 6) is 0.656. The van der Waals surface area contributed by atoms with Gasteiger partial charge in [-0.3, -0.25) is 4.68 Å². The van der Waals surface area contributed by atoms with Crippen LogP contribution in [-0.4, -0.2) is 21.5 Å². The minimum absolute atomic E-state index is 0.0292.